The Hall–Kier alpha value is -1.13. The van der Waals surface area contributed by atoms with Crippen LogP contribution >= 0.6 is 23.2 Å². The second-order valence-corrected chi connectivity index (χ2v) is 4.43. The Balaban J connectivity index is 2.40. The highest BCUT2D eigenvalue weighted by atomic mass is 35.5. The lowest BCUT2D eigenvalue weighted by Crippen LogP contribution is -2.31. The summed E-state index contributed by atoms with van der Waals surface area (Å²) in [5.74, 6) is -1.72. The minimum Gasteiger partial charge on any atom is -0.274 e. The van der Waals surface area contributed by atoms with Crippen LogP contribution in [0.1, 0.15) is 6.42 Å². The predicted octanol–water partition coefficient (Wildman–Crippen LogP) is 2.60. The molecule has 0 N–H and O–H groups in total. The van der Waals surface area contributed by atoms with Gasteiger partial charge in [-0.25, -0.2) is 9.29 Å². The number of alkyl halides is 1. The van der Waals surface area contributed by atoms with Crippen molar-refractivity contribution in [1.82, 2.24) is 0 Å². The molecule has 1 atom stereocenters. The van der Waals surface area contributed by atoms with Crippen molar-refractivity contribution in [2.24, 2.45) is 5.92 Å². The van der Waals surface area contributed by atoms with Crippen LogP contribution in [-0.4, -0.2) is 17.7 Å². The Morgan fingerprint density at radius 2 is 2.12 bits per heavy atom. The topological polar surface area (TPSA) is 37.4 Å². The summed E-state index contributed by atoms with van der Waals surface area (Å²) in [4.78, 5) is 24.5. The lowest BCUT2D eigenvalue weighted by molar-refractivity contribution is -0.122. The molecule has 1 saturated heterocycles. The molecule has 90 valence electrons. The fraction of sp³-hybridized carbons (Fsp3) is 0.273. The monoisotopic (exact) mass is 275 g/mol. The molecule has 0 aromatic heterocycles. The standard InChI is InChI=1S/C11H8Cl2FNO2/c12-5-6-3-10(16)15(11(6)17)9-2-1-7(14)4-8(9)13/h1-2,4,6H,3,5H2. The zero-order chi connectivity index (χ0) is 12.6. The number of amides is 2. The van der Waals surface area contributed by atoms with Gasteiger partial charge in [0, 0.05) is 12.3 Å². The SMILES string of the molecule is O=C1CC(CCl)C(=O)N1c1ccc(F)cc1Cl. The van der Waals surface area contributed by atoms with E-state index < -0.39 is 17.6 Å². The molecule has 2 amide bonds. The number of halogens is 3. The van der Waals surface area contributed by atoms with Gasteiger partial charge in [-0.1, -0.05) is 11.6 Å². The molecule has 1 heterocycles. The Labute approximate surface area is 107 Å². The highest BCUT2D eigenvalue weighted by Crippen LogP contribution is 2.32. The molecule has 1 aliphatic heterocycles. The molecule has 2 rings (SSSR count). The van der Waals surface area contributed by atoms with Gasteiger partial charge in [-0.05, 0) is 18.2 Å². The maximum Gasteiger partial charge on any atom is 0.238 e. The summed E-state index contributed by atoms with van der Waals surface area (Å²) < 4.78 is 12.9. The smallest absolute Gasteiger partial charge is 0.238 e. The molecule has 1 fully saturated rings. The summed E-state index contributed by atoms with van der Waals surface area (Å²) in [5.41, 5.74) is 0.204. The number of benzene rings is 1. The van der Waals surface area contributed by atoms with Gasteiger partial charge < -0.3 is 0 Å². The van der Waals surface area contributed by atoms with E-state index >= 15 is 0 Å². The van der Waals surface area contributed by atoms with Gasteiger partial charge in [-0.15, -0.1) is 11.6 Å². The molecule has 0 saturated carbocycles. The van der Waals surface area contributed by atoms with Gasteiger partial charge in [0.15, 0.2) is 0 Å². The summed E-state index contributed by atoms with van der Waals surface area (Å²) in [5, 5.41) is 0.0296. The van der Waals surface area contributed by atoms with Crippen LogP contribution in [-0.2, 0) is 9.59 Å². The van der Waals surface area contributed by atoms with Gasteiger partial charge in [0.1, 0.15) is 5.82 Å². The maximum atomic E-state index is 12.9. The van der Waals surface area contributed by atoms with E-state index in [1.54, 1.807) is 0 Å². The average Bonchev–Trinajstić information content (AvgIpc) is 2.55. The molecule has 0 radical (unpaired) electrons. The number of carbonyl (C=O) groups excluding carboxylic acids is 2. The lowest BCUT2D eigenvalue weighted by Gasteiger charge is -2.16. The number of hydrogen-bond acceptors (Lipinski definition) is 2. The van der Waals surface area contributed by atoms with Crippen LogP contribution in [0, 0.1) is 11.7 Å². The van der Waals surface area contributed by atoms with Gasteiger partial charge in [0.05, 0.1) is 16.6 Å². The number of hydrogen-bond donors (Lipinski definition) is 0. The molecule has 1 unspecified atom stereocenters. The van der Waals surface area contributed by atoms with E-state index in [0.29, 0.717) is 0 Å². The molecule has 0 spiro atoms. The van der Waals surface area contributed by atoms with Crippen LogP contribution < -0.4 is 4.90 Å². The zero-order valence-corrected chi connectivity index (χ0v) is 10.1. The van der Waals surface area contributed by atoms with E-state index in [1.165, 1.54) is 6.07 Å². The van der Waals surface area contributed by atoms with Gasteiger partial charge in [-0.3, -0.25) is 9.59 Å². The van der Waals surface area contributed by atoms with Crippen LogP contribution in [0.2, 0.25) is 5.02 Å². The summed E-state index contributed by atoms with van der Waals surface area (Å²) in [6.45, 7) is 0. The quantitative estimate of drug-likeness (QED) is 0.615. The van der Waals surface area contributed by atoms with Gasteiger partial charge in [0.25, 0.3) is 0 Å². The van der Waals surface area contributed by atoms with E-state index in [-0.39, 0.29) is 28.9 Å². The summed E-state index contributed by atoms with van der Waals surface area (Å²) in [7, 11) is 0. The van der Waals surface area contributed by atoms with E-state index in [2.05, 4.69) is 0 Å². The van der Waals surface area contributed by atoms with Crippen molar-refractivity contribution in [2.45, 2.75) is 6.42 Å². The van der Waals surface area contributed by atoms with Crippen molar-refractivity contribution in [3.63, 3.8) is 0 Å². The summed E-state index contributed by atoms with van der Waals surface area (Å²) in [6, 6.07) is 3.52. The number of anilines is 1. The first kappa shape index (κ1) is 12.3. The van der Waals surface area contributed by atoms with Crippen molar-refractivity contribution in [2.75, 3.05) is 10.8 Å². The highest BCUT2D eigenvalue weighted by molar-refractivity contribution is 6.36. The van der Waals surface area contributed by atoms with Crippen LogP contribution in [0.5, 0.6) is 0 Å². The third-order valence-electron chi connectivity index (χ3n) is 2.58. The Bertz CT molecular complexity index is 492. The van der Waals surface area contributed by atoms with Gasteiger partial charge in [-0.2, -0.15) is 0 Å². The molecular weight excluding hydrogens is 268 g/mol. The minimum absolute atomic E-state index is 0.0296. The maximum absolute atomic E-state index is 12.9. The molecule has 1 aliphatic rings. The molecule has 0 bridgehead atoms. The molecular formula is C11H8Cl2FNO2. The van der Waals surface area contributed by atoms with Crippen molar-refractivity contribution in [3.05, 3.63) is 29.0 Å². The van der Waals surface area contributed by atoms with Crippen molar-refractivity contribution in [3.8, 4) is 0 Å². The third kappa shape index (κ3) is 2.15. The molecule has 1 aromatic rings. The van der Waals surface area contributed by atoms with Crippen molar-refractivity contribution < 1.29 is 14.0 Å². The third-order valence-corrected chi connectivity index (χ3v) is 3.25. The number of nitrogens with zero attached hydrogens (tertiary/aromatic N) is 1. The number of rotatable bonds is 2. The average molecular weight is 276 g/mol. The summed E-state index contributed by atoms with van der Waals surface area (Å²) in [6.07, 6.45) is 0.0655. The van der Waals surface area contributed by atoms with Crippen molar-refractivity contribution in [1.29, 1.82) is 0 Å². The van der Waals surface area contributed by atoms with Crippen LogP contribution in [0.4, 0.5) is 10.1 Å². The van der Waals surface area contributed by atoms with E-state index in [9.17, 15) is 14.0 Å². The number of imide groups is 1. The first-order valence-corrected chi connectivity index (χ1v) is 5.83. The van der Waals surface area contributed by atoms with Gasteiger partial charge in [0.2, 0.25) is 11.8 Å². The van der Waals surface area contributed by atoms with Crippen LogP contribution in [0.25, 0.3) is 0 Å². The van der Waals surface area contributed by atoms with Crippen molar-refractivity contribution >= 4 is 40.7 Å². The van der Waals surface area contributed by atoms with E-state index in [1.807, 2.05) is 0 Å². The second kappa shape index (κ2) is 4.63. The first-order valence-electron chi connectivity index (χ1n) is 4.92. The molecule has 1 aromatic carbocycles. The van der Waals surface area contributed by atoms with E-state index in [4.69, 9.17) is 23.2 Å². The Morgan fingerprint density at radius 1 is 1.41 bits per heavy atom. The normalized spacial score (nSPS) is 20.2. The highest BCUT2D eigenvalue weighted by Gasteiger charge is 2.39. The Morgan fingerprint density at radius 3 is 2.65 bits per heavy atom. The van der Waals surface area contributed by atoms with Crippen LogP contribution in [0.15, 0.2) is 18.2 Å². The summed E-state index contributed by atoms with van der Waals surface area (Å²) >= 11 is 11.4. The first-order chi connectivity index (χ1) is 8.04. The van der Waals surface area contributed by atoms with Gasteiger partial charge >= 0.3 is 0 Å². The molecule has 17 heavy (non-hydrogen) atoms. The second-order valence-electron chi connectivity index (χ2n) is 3.72. The molecule has 3 nitrogen and oxygen atoms in total. The van der Waals surface area contributed by atoms with E-state index in [0.717, 1.165) is 17.0 Å². The fourth-order valence-corrected chi connectivity index (χ4v) is 2.22. The number of carbonyl (C=O) groups is 2. The predicted molar refractivity (Wildman–Crippen MR) is 62.7 cm³/mol. The minimum atomic E-state index is -0.523. The largest absolute Gasteiger partial charge is 0.274 e. The molecule has 6 heteroatoms. The van der Waals surface area contributed by atoms with Crippen LogP contribution in [0.3, 0.4) is 0 Å². The fourth-order valence-electron chi connectivity index (χ4n) is 1.73. The lowest BCUT2D eigenvalue weighted by atomic mass is 10.1. The molecule has 0 aliphatic carbocycles. The zero-order valence-electron chi connectivity index (χ0n) is 8.62. The Kier molecular flexibility index (Phi) is 3.35.